The molecule has 0 saturated heterocycles. The molecule has 0 aliphatic rings. The van der Waals surface area contributed by atoms with Crippen LogP contribution in [0.5, 0.6) is 0 Å². The molecule has 25 heavy (non-hydrogen) atoms. The lowest BCUT2D eigenvalue weighted by Crippen LogP contribution is -2.01. The van der Waals surface area contributed by atoms with E-state index < -0.39 is 5.97 Å². The fraction of sp³-hybridized carbons (Fsp3) is 0.0526. The molecule has 6 heteroatoms. The Bertz CT molecular complexity index is 1060. The standard InChI is InChI=1S/C19H14N4O2/c1-25-19(24)14-7-9-20-17(11-14)15-12-21-23-10-8-16(22-18(15)23)13-5-3-2-4-6-13/h2-12H,1H3. The first kappa shape index (κ1) is 15.0. The van der Waals surface area contributed by atoms with Gasteiger partial charge in [0, 0.05) is 18.0 Å². The highest BCUT2D eigenvalue weighted by molar-refractivity contribution is 5.91. The zero-order chi connectivity index (χ0) is 17.2. The number of carbonyl (C=O) groups is 1. The molecule has 6 nitrogen and oxygen atoms in total. The number of ether oxygens (including phenoxy) is 1. The maximum absolute atomic E-state index is 11.8. The highest BCUT2D eigenvalue weighted by Gasteiger charge is 2.13. The van der Waals surface area contributed by atoms with Crippen molar-refractivity contribution in [1.29, 1.82) is 0 Å². The number of methoxy groups -OCH3 is 1. The first-order valence-electron chi connectivity index (χ1n) is 7.71. The summed E-state index contributed by atoms with van der Waals surface area (Å²) in [5.41, 5.74) is 4.36. The van der Waals surface area contributed by atoms with Crippen LogP contribution in [0.25, 0.3) is 28.2 Å². The molecule has 3 heterocycles. The maximum atomic E-state index is 11.8. The summed E-state index contributed by atoms with van der Waals surface area (Å²) in [6.07, 6.45) is 5.13. The van der Waals surface area contributed by atoms with Gasteiger partial charge < -0.3 is 4.74 Å². The van der Waals surface area contributed by atoms with Gasteiger partial charge in [-0.05, 0) is 18.2 Å². The summed E-state index contributed by atoms with van der Waals surface area (Å²) in [6, 6.07) is 15.1. The van der Waals surface area contributed by atoms with Gasteiger partial charge in [0.05, 0.1) is 35.8 Å². The van der Waals surface area contributed by atoms with Gasteiger partial charge >= 0.3 is 5.97 Å². The zero-order valence-corrected chi connectivity index (χ0v) is 13.5. The molecule has 0 N–H and O–H groups in total. The molecule has 0 atom stereocenters. The van der Waals surface area contributed by atoms with E-state index in [1.54, 1.807) is 29.0 Å². The van der Waals surface area contributed by atoms with Crippen LogP contribution in [0.3, 0.4) is 0 Å². The second-order valence-corrected chi connectivity index (χ2v) is 5.43. The van der Waals surface area contributed by atoms with Crippen LogP contribution in [0.2, 0.25) is 0 Å². The second kappa shape index (κ2) is 6.16. The van der Waals surface area contributed by atoms with Crippen molar-refractivity contribution in [3.63, 3.8) is 0 Å². The Hall–Kier alpha value is -3.54. The molecule has 0 spiro atoms. The number of pyridine rings is 1. The van der Waals surface area contributed by atoms with Gasteiger partial charge in [0.25, 0.3) is 0 Å². The molecule has 0 bridgehead atoms. The largest absolute Gasteiger partial charge is 0.465 e. The van der Waals surface area contributed by atoms with E-state index in [-0.39, 0.29) is 0 Å². The average Bonchev–Trinajstić information content (AvgIpc) is 3.11. The predicted molar refractivity (Wildman–Crippen MR) is 93.0 cm³/mol. The minimum absolute atomic E-state index is 0.405. The van der Waals surface area contributed by atoms with E-state index in [4.69, 9.17) is 9.72 Å². The van der Waals surface area contributed by atoms with Crippen LogP contribution >= 0.6 is 0 Å². The zero-order valence-electron chi connectivity index (χ0n) is 13.5. The minimum atomic E-state index is -0.405. The fourth-order valence-corrected chi connectivity index (χ4v) is 2.64. The highest BCUT2D eigenvalue weighted by atomic mass is 16.5. The normalized spacial score (nSPS) is 10.8. The van der Waals surface area contributed by atoms with Crippen LogP contribution in [0.1, 0.15) is 10.4 Å². The van der Waals surface area contributed by atoms with E-state index in [0.29, 0.717) is 16.9 Å². The SMILES string of the molecule is COC(=O)c1ccnc(-c2cnn3ccc(-c4ccccc4)nc23)c1. The summed E-state index contributed by atoms with van der Waals surface area (Å²) in [5.74, 6) is -0.405. The van der Waals surface area contributed by atoms with Crippen molar-refractivity contribution >= 4 is 11.6 Å². The van der Waals surface area contributed by atoms with Gasteiger partial charge in [-0.15, -0.1) is 0 Å². The monoisotopic (exact) mass is 330 g/mol. The van der Waals surface area contributed by atoms with Gasteiger partial charge in [-0.25, -0.2) is 14.3 Å². The van der Waals surface area contributed by atoms with E-state index in [1.807, 2.05) is 42.6 Å². The molecule has 0 unspecified atom stereocenters. The summed E-state index contributed by atoms with van der Waals surface area (Å²) in [6.45, 7) is 0. The number of hydrogen-bond acceptors (Lipinski definition) is 5. The third-order valence-corrected chi connectivity index (χ3v) is 3.90. The van der Waals surface area contributed by atoms with E-state index >= 15 is 0 Å². The van der Waals surface area contributed by atoms with Gasteiger partial charge in [-0.2, -0.15) is 5.10 Å². The maximum Gasteiger partial charge on any atom is 0.337 e. The number of benzene rings is 1. The Morgan fingerprint density at radius 2 is 1.92 bits per heavy atom. The number of aromatic nitrogens is 4. The van der Waals surface area contributed by atoms with E-state index in [0.717, 1.165) is 16.8 Å². The van der Waals surface area contributed by atoms with Crippen molar-refractivity contribution < 1.29 is 9.53 Å². The summed E-state index contributed by atoms with van der Waals surface area (Å²) in [5, 5.41) is 4.32. The van der Waals surface area contributed by atoms with Gasteiger partial charge in [0.2, 0.25) is 0 Å². The molecule has 0 radical (unpaired) electrons. The number of esters is 1. The van der Waals surface area contributed by atoms with E-state index in [1.165, 1.54) is 7.11 Å². The topological polar surface area (TPSA) is 69.4 Å². The Morgan fingerprint density at radius 1 is 1.08 bits per heavy atom. The third kappa shape index (κ3) is 2.74. The molecule has 1 aromatic carbocycles. The molecule has 3 aromatic heterocycles. The van der Waals surface area contributed by atoms with Crippen molar-refractivity contribution in [2.75, 3.05) is 7.11 Å². The number of hydrogen-bond donors (Lipinski definition) is 0. The fourth-order valence-electron chi connectivity index (χ4n) is 2.64. The van der Waals surface area contributed by atoms with Crippen molar-refractivity contribution in [1.82, 2.24) is 19.6 Å². The van der Waals surface area contributed by atoms with Crippen LogP contribution < -0.4 is 0 Å². The summed E-state index contributed by atoms with van der Waals surface area (Å²) < 4.78 is 6.46. The Balaban J connectivity index is 1.84. The van der Waals surface area contributed by atoms with Crippen molar-refractivity contribution in [2.45, 2.75) is 0 Å². The van der Waals surface area contributed by atoms with Gasteiger partial charge in [-0.1, -0.05) is 30.3 Å². The van der Waals surface area contributed by atoms with Crippen molar-refractivity contribution in [3.8, 4) is 22.5 Å². The molecule has 0 aliphatic heterocycles. The van der Waals surface area contributed by atoms with Crippen LogP contribution in [-0.2, 0) is 4.74 Å². The molecule has 122 valence electrons. The molecule has 0 fully saturated rings. The Labute approximate surface area is 143 Å². The second-order valence-electron chi connectivity index (χ2n) is 5.43. The summed E-state index contributed by atoms with van der Waals surface area (Å²) >= 11 is 0. The smallest absolute Gasteiger partial charge is 0.337 e. The molecule has 0 amide bonds. The lowest BCUT2D eigenvalue weighted by atomic mass is 10.1. The molecule has 0 aliphatic carbocycles. The molecule has 4 rings (SSSR count). The van der Waals surface area contributed by atoms with Gasteiger partial charge in [0.1, 0.15) is 0 Å². The number of fused-ring (bicyclic) bond motifs is 1. The summed E-state index contributed by atoms with van der Waals surface area (Å²) in [7, 11) is 1.35. The van der Waals surface area contributed by atoms with Crippen molar-refractivity contribution in [2.24, 2.45) is 0 Å². The Kier molecular flexibility index (Phi) is 3.70. The van der Waals surface area contributed by atoms with Crippen molar-refractivity contribution in [3.05, 3.63) is 72.7 Å². The number of nitrogens with zero attached hydrogens (tertiary/aromatic N) is 4. The lowest BCUT2D eigenvalue weighted by molar-refractivity contribution is 0.0600. The first-order valence-corrected chi connectivity index (χ1v) is 7.71. The first-order chi connectivity index (χ1) is 12.3. The van der Waals surface area contributed by atoms with Gasteiger partial charge in [0.15, 0.2) is 5.65 Å². The summed E-state index contributed by atoms with van der Waals surface area (Å²) in [4.78, 5) is 20.8. The Morgan fingerprint density at radius 3 is 2.72 bits per heavy atom. The third-order valence-electron chi connectivity index (χ3n) is 3.90. The lowest BCUT2D eigenvalue weighted by Gasteiger charge is -2.04. The quantitative estimate of drug-likeness (QED) is 0.539. The van der Waals surface area contributed by atoms with E-state index in [9.17, 15) is 4.79 Å². The van der Waals surface area contributed by atoms with Crippen LogP contribution in [0.15, 0.2) is 67.1 Å². The molecule has 0 saturated carbocycles. The van der Waals surface area contributed by atoms with Crippen LogP contribution in [0.4, 0.5) is 0 Å². The van der Waals surface area contributed by atoms with Crippen LogP contribution in [-0.4, -0.2) is 32.7 Å². The number of rotatable bonds is 3. The average molecular weight is 330 g/mol. The molecule has 4 aromatic rings. The van der Waals surface area contributed by atoms with Crippen LogP contribution in [0, 0.1) is 0 Å². The molecular formula is C19H14N4O2. The predicted octanol–water partition coefficient (Wildman–Crippen LogP) is 3.24. The van der Waals surface area contributed by atoms with E-state index in [2.05, 4.69) is 10.1 Å². The number of carbonyl (C=O) groups excluding carboxylic acids is 1. The van der Waals surface area contributed by atoms with Gasteiger partial charge in [-0.3, -0.25) is 4.98 Å². The highest BCUT2D eigenvalue weighted by Crippen LogP contribution is 2.25. The molecular weight excluding hydrogens is 316 g/mol. The minimum Gasteiger partial charge on any atom is -0.465 e.